The van der Waals surface area contributed by atoms with Gasteiger partial charge in [0.25, 0.3) is 0 Å². The number of halogens is 3. The molecule has 3 atom stereocenters. The van der Waals surface area contributed by atoms with Gasteiger partial charge >= 0.3 is 6.09 Å². The van der Waals surface area contributed by atoms with Crippen LogP contribution in [0.15, 0.2) is 53.0 Å². The van der Waals surface area contributed by atoms with Crippen LogP contribution < -0.4 is 5.32 Å². The number of carbonyl (C=O) groups excluding carboxylic acids is 1. The number of sulfonamides is 1. The average molecular weight is 516 g/mol. The van der Waals surface area contributed by atoms with Crippen LogP contribution in [-0.2, 0) is 14.8 Å². The molecule has 1 aromatic carbocycles. The Morgan fingerprint density at radius 1 is 1.15 bits per heavy atom. The smallest absolute Gasteiger partial charge is 0.409 e. The lowest BCUT2D eigenvalue weighted by molar-refractivity contribution is 0.0597. The average Bonchev–Trinajstić information content (AvgIpc) is 2.82. The van der Waals surface area contributed by atoms with E-state index in [2.05, 4.69) is 5.32 Å². The van der Waals surface area contributed by atoms with Crippen molar-refractivity contribution in [1.82, 2.24) is 14.5 Å². The number of carbonyl (C=O) groups is 1. The summed E-state index contributed by atoms with van der Waals surface area (Å²) in [6, 6.07) is 5.26. The molecule has 0 spiro atoms. The summed E-state index contributed by atoms with van der Waals surface area (Å²) in [5, 5.41) is 3.56. The van der Waals surface area contributed by atoms with Crippen LogP contribution in [0.3, 0.4) is 0 Å². The van der Waals surface area contributed by atoms with Gasteiger partial charge < -0.3 is 15.0 Å². The number of hydrogen-bond acceptors (Lipinski definition) is 5. The van der Waals surface area contributed by atoms with Gasteiger partial charge in [0.2, 0.25) is 10.0 Å². The fourth-order valence-corrected chi connectivity index (χ4v) is 6.55. The fourth-order valence-electron chi connectivity index (χ4n) is 4.73. The number of amides is 1. The van der Waals surface area contributed by atoms with Crippen molar-refractivity contribution >= 4 is 27.7 Å². The molecular weight excluding hydrogens is 488 g/mol. The van der Waals surface area contributed by atoms with E-state index in [-0.39, 0.29) is 30.4 Å². The molecule has 1 aromatic rings. The maximum atomic E-state index is 13.9. The topological polar surface area (TPSA) is 79.0 Å². The second-order valence-corrected chi connectivity index (χ2v) is 11.2. The Hall–Kier alpha value is -2.01. The Morgan fingerprint density at radius 3 is 2.53 bits per heavy atom. The molecule has 1 aliphatic carbocycles. The number of piperazine rings is 1. The second kappa shape index (κ2) is 10.7. The largest absolute Gasteiger partial charge is 0.448 e. The number of benzene rings is 1. The number of hydrogen-bond donors (Lipinski definition) is 1. The summed E-state index contributed by atoms with van der Waals surface area (Å²) >= 11 is 5.93. The predicted molar refractivity (Wildman–Crippen MR) is 124 cm³/mol. The Morgan fingerprint density at radius 2 is 1.85 bits per heavy atom. The van der Waals surface area contributed by atoms with E-state index < -0.39 is 39.7 Å². The van der Waals surface area contributed by atoms with Crippen molar-refractivity contribution in [3.05, 3.63) is 53.1 Å². The van der Waals surface area contributed by atoms with Crippen molar-refractivity contribution in [2.45, 2.75) is 30.2 Å². The van der Waals surface area contributed by atoms with E-state index in [0.717, 1.165) is 6.08 Å². The molecule has 2 aliphatic heterocycles. The zero-order valence-electron chi connectivity index (χ0n) is 18.6. The Balaban J connectivity index is 1.53. The van der Waals surface area contributed by atoms with Crippen molar-refractivity contribution in [1.29, 1.82) is 0 Å². The van der Waals surface area contributed by atoms with E-state index in [9.17, 15) is 22.0 Å². The molecule has 0 saturated carbocycles. The summed E-state index contributed by atoms with van der Waals surface area (Å²) in [6.45, 7) is 2.38. The van der Waals surface area contributed by atoms with Crippen LogP contribution in [0.5, 0.6) is 0 Å². The van der Waals surface area contributed by atoms with Crippen LogP contribution in [0.25, 0.3) is 0 Å². The highest BCUT2D eigenvalue weighted by Gasteiger charge is 2.40. The summed E-state index contributed by atoms with van der Waals surface area (Å²) < 4.78 is 61.7. The molecule has 1 unspecified atom stereocenters. The van der Waals surface area contributed by atoms with Gasteiger partial charge in [0, 0.05) is 50.2 Å². The quantitative estimate of drug-likeness (QED) is 0.644. The monoisotopic (exact) mass is 515 g/mol. The summed E-state index contributed by atoms with van der Waals surface area (Å²) in [5.41, 5.74) is 0. The van der Waals surface area contributed by atoms with Gasteiger partial charge in [0.05, 0.1) is 10.9 Å². The standard InChI is InChI=1S/C23H28ClF2N3O4S/c24-18-2-5-22(6-3-18)34(31,32)29-14-16(17-11-19(25)13-20(26)12-17)1-4-21(29)15-33-23(30)28-9-7-27-8-10-28/h2-3,5-6,11,13,16-17,21,27H,1,4,7-10,12,14-15H2/t16-,17?,21-/m1/s1. The Kier molecular flexibility index (Phi) is 7.91. The van der Waals surface area contributed by atoms with E-state index in [1.165, 1.54) is 34.6 Å². The number of piperidine rings is 1. The maximum absolute atomic E-state index is 13.9. The number of ether oxygens (including phenoxy) is 1. The minimum atomic E-state index is -3.96. The fraction of sp³-hybridized carbons (Fsp3) is 0.522. The third-order valence-electron chi connectivity index (χ3n) is 6.59. The van der Waals surface area contributed by atoms with Crippen LogP contribution in [0, 0.1) is 11.8 Å². The third kappa shape index (κ3) is 5.79. The molecule has 3 aliphatic rings. The van der Waals surface area contributed by atoms with Crippen molar-refractivity contribution in [2.75, 3.05) is 39.3 Å². The van der Waals surface area contributed by atoms with Crippen LogP contribution in [0.4, 0.5) is 13.6 Å². The molecular formula is C23H28ClF2N3O4S. The van der Waals surface area contributed by atoms with E-state index in [0.29, 0.717) is 44.0 Å². The third-order valence-corrected chi connectivity index (χ3v) is 8.78. The summed E-state index contributed by atoms with van der Waals surface area (Å²) in [7, 11) is -3.96. The molecule has 7 nitrogen and oxygen atoms in total. The molecule has 34 heavy (non-hydrogen) atoms. The van der Waals surface area contributed by atoms with Gasteiger partial charge in [0.15, 0.2) is 0 Å². The summed E-state index contributed by atoms with van der Waals surface area (Å²) in [6.07, 6.45) is 2.76. The highest BCUT2D eigenvalue weighted by atomic mass is 35.5. The lowest BCUT2D eigenvalue weighted by atomic mass is 9.80. The molecule has 4 rings (SSSR count). The van der Waals surface area contributed by atoms with Gasteiger partial charge in [-0.3, -0.25) is 0 Å². The highest BCUT2D eigenvalue weighted by Crippen LogP contribution is 2.38. The molecule has 1 amide bonds. The summed E-state index contributed by atoms with van der Waals surface area (Å²) in [4.78, 5) is 14.1. The van der Waals surface area contributed by atoms with Crippen molar-refractivity contribution in [3.8, 4) is 0 Å². The molecule has 0 radical (unpaired) electrons. The lowest BCUT2D eigenvalue weighted by Gasteiger charge is -2.41. The first-order chi connectivity index (χ1) is 16.2. The van der Waals surface area contributed by atoms with Crippen LogP contribution in [0.2, 0.25) is 5.02 Å². The number of nitrogens with zero attached hydrogens (tertiary/aromatic N) is 2. The van der Waals surface area contributed by atoms with E-state index in [1.807, 2.05) is 0 Å². The highest BCUT2D eigenvalue weighted by molar-refractivity contribution is 7.89. The number of rotatable bonds is 5. The molecule has 2 fully saturated rings. The number of nitrogens with one attached hydrogen (secondary N) is 1. The zero-order chi connectivity index (χ0) is 24.3. The van der Waals surface area contributed by atoms with Crippen LogP contribution in [0.1, 0.15) is 19.3 Å². The Labute approximate surface area is 203 Å². The molecule has 0 aromatic heterocycles. The van der Waals surface area contributed by atoms with Crippen molar-refractivity contribution < 1.29 is 26.7 Å². The predicted octanol–water partition coefficient (Wildman–Crippen LogP) is 3.88. The van der Waals surface area contributed by atoms with Gasteiger partial charge in [-0.2, -0.15) is 4.31 Å². The molecule has 1 N–H and O–H groups in total. The van der Waals surface area contributed by atoms with E-state index in [1.54, 1.807) is 4.90 Å². The Bertz CT molecular complexity index is 1060. The van der Waals surface area contributed by atoms with Gasteiger partial charge in [-0.1, -0.05) is 11.6 Å². The molecule has 2 heterocycles. The van der Waals surface area contributed by atoms with E-state index >= 15 is 0 Å². The molecule has 11 heteroatoms. The molecule has 186 valence electrons. The zero-order valence-corrected chi connectivity index (χ0v) is 20.2. The van der Waals surface area contributed by atoms with Crippen LogP contribution in [-0.4, -0.2) is 69.1 Å². The van der Waals surface area contributed by atoms with Gasteiger partial charge in [-0.25, -0.2) is 22.0 Å². The molecule has 2 saturated heterocycles. The van der Waals surface area contributed by atoms with Crippen molar-refractivity contribution in [3.63, 3.8) is 0 Å². The summed E-state index contributed by atoms with van der Waals surface area (Å²) in [5.74, 6) is -1.92. The second-order valence-electron chi connectivity index (χ2n) is 8.84. The minimum absolute atomic E-state index is 0.0373. The lowest BCUT2D eigenvalue weighted by Crippen LogP contribution is -2.51. The molecule has 0 bridgehead atoms. The number of allylic oxidation sites excluding steroid dienone is 4. The minimum Gasteiger partial charge on any atom is -0.448 e. The van der Waals surface area contributed by atoms with Crippen molar-refractivity contribution in [2.24, 2.45) is 11.8 Å². The first-order valence-electron chi connectivity index (χ1n) is 11.4. The van der Waals surface area contributed by atoms with E-state index in [4.69, 9.17) is 16.3 Å². The van der Waals surface area contributed by atoms with Gasteiger partial charge in [0.1, 0.15) is 18.3 Å². The van der Waals surface area contributed by atoms with Crippen LogP contribution >= 0.6 is 11.6 Å². The van der Waals surface area contributed by atoms with Gasteiger partial charge in [-0.05, 0) is 55.0 Å². The SMILES string of the molecule is O=C(OC[C@H]1CC[C@@H](C2C=C(F)C=C(F)C2)CN1S(=O)(=O)c1ccc(Cl)cc1)N1CCNCC1. The maximum Gasteiger partial charge on any atom is 0.409 e. The van der Waals surface area contributed by atoms with Gasteiger partial charge in [-0.15, -0.1) is 0 Å². The normalized spacial score (nSPS) is 26.6. The first-order valence-corrected chi connectivity index (χ1v) is 13.2. The first kappa shape index (κ1) is 25.1.